The van der Waals surface area contributed by atoms with Gasteiger partial charge in [0.2, 0.25) is 0 Å². The Morgan fingerprint density at radius 2 is 2.45 bits per heavy atom. The van der Waals surface area contributed by atoms with E-state index in [4.69, 9.17) is 0 Å². The summed E-state index contributed by atoms with van der Waals surface area (Å²) in [6, 6.07) is 1.98. The van der Waals surface area contributed by atoms with Gasteiger partial charge < -0.3 is 0 Å². The Morgan fingerprint density at radius 1 is 1.64 bits per heavy atom. The molecule has 3 heteroatoms. The van der Waals surface area contributed by atoms with E-state index in [9.17, 15) is 0 Å². The molecule has 0 unspecified atom stereocenters. The highest BCUT2D eigenvalue weighted by atomic mass is 79.9. The fourth-order valence-corrected chi connectivity index (χ4v) is 1.70. The summed E-state index contributed by atoms with van der Waals surface area (Å²) in [5.41, 5.74) is 0. The number of rotatable bonds is 2. The summed E-state index contributed by atoms with van der Waals surface area (Å²) in [6.07, 6.45) is 6.21. The van der Waals surface area contributed by atoms with E-state index < -0.39 is 0 Å². The van der Waals surface area contributed by atoms with E-state index >= 15 is 0 Å². The molecule has 0 spiro atoms. The molecule has 1 heterocycles. The van der Waals surface area contributed by atoms with Gasteiger partial charge in [-0.1, -0.05) is 6.42 Å². The minimum atomic E-state index is 0.891. The molecule has 1 aliphatic rings. The number of hydrogen-bond acceptors (Lipinski definition) is 1. The average Bonchev–Trinajstić information content (AvgIpc) is 2.27. The quantitative estimate of drug-likeness (QED) is 0.740. The normalized spacial score (nSPS) is 18.3. The Balaban J connectivity index is 1.95. The third kappa shape index (κ3) is 1.64. The van der Waals surface area contributed by atoms with Gasteiger partial charge in [0, 0.05) is 12.7 Å². The Labute approximate surface area is 74.7 Å². The highest BCUT2D eigenvalue weighted by Crippen LogP contribution is 2.27. The van der Waals surface area contributed by atoms with Crippen LogP contribution in [0.3, 0.4) is 0 Å². The SMILES string of the molecule is Brc1ccn(CC2CCC2)n1. The largest absolute Gasteiger partial charge is 0.271 e. The molecule has 0 radical (unpaired) electrons. The molecule has 11 heavy (non-hydrogen) atoms. The Kier molecular flexibility index (Phi) is 1.98. The molecule has 0 N–H and O–H groups in total. The number of halogens is 1. The Hall–Kier alpha value is -0.310. The molecule has 1 aromatic heterocycles. The molecule has 1 fully saturated rings. The molecule has 1 aromatic rings. The minimum Gasteiger partial charge on any atom is -0.271 e. The lowest BCUT2D eigenvalue weighted by molar-refractivity contribution is 0.266. The molecule has 2 nitrogen and oxygen atoms in total. The van der Waals surface area contributed by atoms with Crippen molar-refractivity contribution in [1.29, 1.82) is 0 Å². The summed E-state index contributed by atoms with van der Waals surface area (Å²) < 4.78 is 2.96. The molecule has 0 aromatic carbocycles. The van der Waals surface area contributed by atoms with Crippen LogP contribution in [0.5, 0.6) is 0 Å². The van der Waals surface area contributed by atoms with Crippen molar-refractivity contribution in [3.63, 3.8) is 0 Å². The van der Waals surface area contributed by atoms with Crippen LogP contribution in [0.1, 0.15) is 19.3 Å². The summed E-state index contributed by atoms with van der Waals surface area (Å²) in [7, 11) is 0. The lowest BCUT2D eigenvalue weighted by atomic mass is 9.85. The van der Waals surface area contributed by atoms with Gasteiger partial charge in [-0.2, -0.15) is 5.10 Å². The van der Waals surface area contributed by atoms with Crippen LogP contribution in [-0.2, 0) is 6.54 Å². The van der Waals surface area contributed by atoms with Crippen molar-refractivity contribution in [2.75, 3.05) is 0 Å². The maximum absolute atomic E-state index is 4.27. The predicted octanol–water partition coefficient (Wildman–Crippen LogP) is 2.45. The molecular formula is C8H11BrN2. The first-order valence-corrected chi connectivity index (χ1v) is 4.83. The average molecular weight is 215 g/mol. The van der Waals surface area contributed by atoms with Gasteiger partial charge in [-0.05, 0) is 40.8 Å². The van der Waals surface area contributed by atoms with Gasteiger partial charge >= 0.3 is 0 Å². The highest BCUT2D eigenvalue weighted by molar-refractivity contribution is 9.10. The van der Waals surface area contributed by atoms with E-state index in [-0.39, 0.29) is 0 Å². The van der Waals surface area contributed by atoms with E-state index in [2.05, 4.69) is 21.0 Å². The first-order chi connectivity index (χ1) is 5.34. The molecule has 1 aliphatic carbocycles. The van der Waals surface area contributed by atoms with Crippen molar-refractivity contribution in [2.45, 2.75) is 25.8 Å². The number of nitrogens with zero attached hydrogens (tertiary/aromatic N) is 2. The fraction of sp³-hybridized carbons (Fsp3) is 0.625. The number of hydrogen-bond donors (Lipinski definition) is 0. The molecule has 0 bridgehead atoms. The number of aromatic nitrogens is 2. The molecular weight excluding hydrogens is 204 g/mol. The molecule has 0 saturated heterocycles. The van der Waals surface area contributed by atoms with Crippen LogP contribution in [0.4, 0.5) is 0 Å². The van der Waals surface area contributed by atoms with E-state index in [1.54, 1.807) is 0 Å². The zero-order valence-corrected chi connectivity index (χ0v) is 7.92. The van der Waals surface area contributed by atoms with Gasteiger partial charge in [0.05, 0.1) is 0 Å². The third-order valence-corrected chi connectivity index (χ3v) is 2.70. The van der Waals surface area contributed by atoms with Crippen molar-refractivity contribution in [3.8, 4) is 0 Å². The molecule has 60 valence electrons. The third-order valence-electron chi connectivity index (χ3n) is 2.28. The topological polar surface area (TPSA) is 17.8 Å². The van der Waals surface area contributed by atoms with Crippen molar-refractivity contribution in [1.82, 2.24) is 9.78 Å². The maximum Gasteiger partial charge on any atom is 0.128 e. The summed E-state index contributed by atoms with van der Waals surface area (Å²) in [5, 5.41) is 4.27. The van der Waals surface area contributed by atoms with Gasteiger partial charge in [0.15, 0.2) is 0 Å². The maximum atomic E-state index is 4.27. The molecule has 1 saturated carbocycles. The molecule has 0 atom stereocenters. The Morgan fingerprint density at radius 3 is 2.91 bits per heavy atom. The van der Waals surface area contributed by atoms with Gasteiger partial charge in [-0.3, -0.25) is 4.68 Å². The lowest BCUT2D eigenvalue weighted by Crippen LogP contribution is -2.18. The van der Waals surface area contributed by atoms with E-state index in [1.807, 2.05) is 16.9 Å². The van der Waals surface area contributed by atoms with Crippen LogP contribution >= 0.6 is 15.9 Å². The first kappa shape index (κ1) is 7.35. The Bertz CT molecular complexity index is 240. The second-order valence-corrected chi connectivity index (χ2v) is 3.97. The van der Waals surface area contributed by atoms with Crippen molar-refractivity contribution in [2.24, 2.45) is 5.92 Å². The van der Waals surface area contributed by atoms with Crippen LogP contribution in [0.15, 0.2) is 16.9 Å². The van der Waals surface area contributed by atoms with Gasteiger partial charge in [-0.25, -0.2) is 0 Å². The van der Waals surface area contributed by atoms with Gasteiger partial charge in [0.1, 0.15) is 4.60 Å². The smallest absolute Gasteiger partial charge is 0.128 e. The second-order valence-electron chi connectivity index (χ2n) is 3.16. The predicted molar refractivity (Wildman–Crippen MR) is 47.3 cm³/mol. The van der Waals surface area contributed by atoms with E-state index in [0.717, 1.165) is 17.1 Å². The lowest BCUT2D eigenvalue weighted by Gasteiger charge is -2.24. The van der Waals surface area contributed by atoms with Crippen molar-refractivity contribution >= 4 is 15.9 Å². The summed E-state index contributed by atoms with van der Waals surface area (Å²) in [5.74, 6) is 0.891. The van der Waals surface area contributed by atoms with E-state index in [1.165, 1.54) is 19.3 Å². The summed E-state index contributed by atoms with van der Waals surface area (Å²) >= 11 is 3.33. The van der Waals surface area contributed by atoms with Crippen LogP contribution in [0.25, 0.3) is 0 Å². The van der Waals surface area contributed by atoms with Gasteiger partial charge in [-0.15, -0.1) is 0 Å². The summed E-state index contributed by atoms with van der Waals surface area (Å²) in [6.45, 7) is 1.10. The van der Waals surface area contributed by atoms with Crippen molar-refractivity contribution < 1.29 is 0 Å². The first-order valence-electron chi connectivity index (χ1n) is 4.03. The van der Waals surface area contributed by atoms with Crippen LogP contribution in [0.2, 0.25) is 0 Å². The second kappa shape index (κ2) is 2.97. The molecule has 2 rings (SSSR count). The van der Waals surface area contributed by atoms with Gasteiger partial charge in [0.25, 0.3) is 0 Å². The van der Waals surface area contributed by atoms with E-state index in [0.29, 0.717) is 0 Å². The van der Waals surface area contributed by atoms with Crippen LogP contribution in [0, 0.1) is 5.92 Å². The highest BCUT2D eigenvalue weighted by Gasteiger charge is 2.17. The zero-order chi connectivity index (χ0) is 7.68. The monoisotopic (exact) mass is 214 g/mol. The molecule has 0 amide bonds. The van der Waals surface area contributed by atoms with Crippen molar-refractivity contribution in [3.05, 3.63) is 16.9 Å². The van der Waals surface area contributed by atoms with Crippen LogP contribution < -0.4 is 0 Å². The van der Waals surface area contributed by atoms with Crippen LogP contribution in [-0.4, -0.2) is 9.78 Å². The standard InChI is InChI=1S/C8H11BrN2/c9-8-4-5-11(10-8)6-7-2-1-3-7/h4-5,7H,1-3,6H2. The zero-order valence-electron chi connectivity index (χ0n) is 6.33. The fourth-order valence-electron chi connectivity index (χ4n) is 1.38. The molecule has 0 aliphatic heterocycles. The summed E-state index contributed by atoms with van der Waals surface area (Å²) in [4.78, 5) is 0. The minimum absolute atomic E-state index is 0.891.